The first-order valence-corrected chi connectivity index (χ1v) is 4.79. The minimum Gasteiger partial charge on any atom is -0.467 e. The van der Waals surface area contributed by atoms with Crippen LogP contribution in [0.2, 0.25) is 0 Å². The Balaban J connectivity index is 2.85. The number of ether oxygens (including phenoxy) is 1. The van der Waals surface area contributed by atoms with E-state index in [-0.39, 0.29) is 5.97 Å². The number of anilines is 1. The van der Waals surface area contributed by atoms with Gasteiger partial charge in [0, 0.05) is 0 Å². The number of methoxy groups -OCH3 is 1. The van der Waals surface area contributed by atoms with Gasteiger partial charge in [-0.25, -0.2) is 9.48 Å². The average molecular weight is 212 g/mol. The number of aromatic nitrogens is 3. The summed E-state index contributed by atoms with van der Waals surface area (Å²) in [5.74, 6) is 0.334. The summed E-state index contributed by atoms with van der Waals surface area (Å²) in [6.07, 6.45) is 2.18. The molecular weight excluding hydrogens is 196 g/mol. The van der Waals surface area contributed by atoms with Gasteiger partial charge in [-0.2, -0.15) is 0 Å². The van der Waals surface area contributed by atoms with Crippen LogP contribution in [0.5, 0.6) is 0 Å². The van der Waals surface area contributed by atoms with Crippen molar-refractivity contribution in [3.05, 3.63) is 6.20 Å². The summed E-state index contributed by atoms with van der Waals surface area (Å²) in [6.45, 7) is 4.05. The normalized spacial score (nSPS) is 12.8. The molecule has 6 heteroatoms. The van der Waals surface area contributed by atoms with E-state index in [1.165, 1.54) is 18.0 Å². The third kappa shape index (κ3) is 2.93. The summed E-state index contributed by atoms with van der Waals surface area (Å²) in [5.41, 5.74) is 5.44. The zero-order valence-corrected chi connectivity index (χ0v) is 9.17. The van der Waals surface area contributed by atoms with Crippen LogP contribution in [0.25, 0.3) is 0 Å². The SMILES string of the molecule is COC(=O)C(CC(C)C)n1cc(N)nn1. The number of hydrogen-bond donors (Lipinski definition) is 1. The molecule has 84 valence electrons. The lowest BCUT2D eigenvalue weighted by atomic mass is 10.0. The second-order valence-electron chi connectivity index (χ2n) is 3.79. The quantitative estimate of drug-likeness (QED) is 0.740. The number of carbonyl (C=O) groups is 1. The molecule has 0 aromatic carbocycles. The number of esters is 1. The minimum atomic E-state index is -0.445. The molecule has 0 fully saturated rings. The molecule has 0 saturated heterocycles. The summed E-state index contributed by atoms with van der Waals surface area (Å²) in [4.78, 5) is 11.5. The molecule has 1 atom stereocenters. The van der Waals surface area contributed by atoms with Crippen LogP contribution in [0, 0.1) is 5.92 Å². The summed E-state index contributed by atoms with van der Waals surface area (Å²) in [7, 11) is 1.36. The van der Waals surface area contributed by atoms with E-state index >= 15 is 0 Å². The molecule has 1 rings (SSSR count). The highest BCUT2D eigenvalue weighted by molar-refractivity contribution is 5.73. The van der Waals surface area contributed by atoms with Gasteiger partial charge in [-0.05, 0) is 12.3 Å². The van der Waals surface area contributed by atoms with Crippen molar-refractivity contribution < 1.29 is 9.53 Å². The topological polar surface area (TPSA) is 83.0 Å². The summed E-state index contributed by atoms with van der Waals surface area (Å²) >= 11 is 0. The lowest BCUT2D eigenvalue weighted by Crippen LogP contribution is -2.23. The van der Waals surface area contributed by atoms with Crippen molar-refractivity contribution in [1.29, 1.82) is 0 Å². The molecule has 0 amide bonds. The van der Waals surface area contributed by atoms with Crippen LogP contribution in [0.3, 0.4) is 0 Å². The number of rotatable bonds is 4. The summed E-state index contributed by atoms with van der Waals surface area (Å²) in [6, 6.07) is -0.445. The van der Waals surface area contributed by atoms with E-state index in [2.05, 4.69) is 10.3 Å². The maximum atomic E-state index is 11.5. The number of nitrogens with zero attached hydrogens (tertiary/aromatic N) is 3. The highest BCUT2D eigenvalue weighted by Gasteiger charge is 2.23. The van der Waals surface area contributed by atoms with Crippen LogP contribution < -0.4 is 5.73 Å². The van der Waals surface area contributed by atoms with E-state index in [1.54, 1.807) is 0 Å². The van der Waals surface area contributed by atoms with Crippen molar-refractivity contribution in [2.45, 2.75) is 26.3 Å². The number of nitrogens with two attached hydrogens (primary N) is 1. The van der Waals surface area contributed by atoms with Crippen molar-refractivity contribution in [2.24, 2.45) is 5.92 Å². The molecular formula is C9H16N4O2. The van der Waals surface area contributed by atoms with Crippen molar-refractivity contribution in [3.8, 4) is 0 Å². The fourth-order valence-corrected chi connectivity index (χ4v) is 1.34. The van der Waals surface area contributed by atoms with Gasteiger partial charge in [0.05, 0.1) is 13.3 Å². The highest BCUT2D eigenvalue weighted by atomic mass is 16.5. The highest BCUT2D eigenvalue weighted by Crippen LogP contribution is 2.18. The Morgan fingerprint density at radius 2 is 2.33 bits per heavy atom. The molecule has 0 radical (unpaired) electrons. The molecule has 0 bridgehead atoms. The zero-order chi connectivity index (χ0) is 11.4. The molecule has 0 aliphatic carbocycles. The van der Waals surface area contributed by atoms with Crippen molar-refractivity contribution >= 4 is 11.8 Å². The van der Waals surface area contributed by atoms with Gasteiger partial charge >= 0.3 is 5.97 Å². The monoisotopic (exact) mass is 212 g/mol. The Morgan fingerprint density at radius 1 is 1.67 bits per heavy atom. The van der Waals surface area contributed by atoms with E-state index in [0.29, 0.717) is 18.2 Å². The summed E-state index contributed by atoms with van der Waals surface area (Å²) < 4.78 is 6.15. The first kappa shape index (κ1) is 11.5. The molecule has 1 unspecified atom stereocenters. The predicted molar refractivity (Wildman–Crippen MR) is 54.9 cm³/mol. The second-order valence-corrected chi connectivity index (χ2v) is 3.79. The third-order valence-corrected chi connectivity index (χ3v) is 2.02. The molecule has 2 N–H and O–H groups in total. The molecule has 0 saturated carbocycles. The molecule has 0 aliphatic heterocycles. The van der Waals surface area contributed by atoms with E-state index in [0.717, 1.165) is 0 Å². The first-order chi connectivity index (χ1) is 7.04. The van der Waals surface area contributed by atoms with Crippen LogP contribution in [0.1, 0.15) is 26.3 Å². The molecule has 0 aliphatic rings. The van der Waals surface area contributed by atoms with Crippen LogP contribution in [0.4, 0.5) is 5.82 Å². The van der Waals surface area contributed by atoms with Crippen LogP contribution in [-0.2, 0) is 9.53 Å². The fourth-order valence-electron chi connectivity index (χ4n) is 1.34. The third-order valence-electron chi connectivity index (χ3n) is 2.02. The largest absolute Gasteiger partial charge is 0.467 e. The molecule has 1 aromatic heterocycles. The van der Waals surface area contributed by atoms with Gasteiger partial charge in [0.25, 0.3) is 0 Å². The van der Waals surface area contributed by atoms with Crippen LogP contribution in [-0.4, -0.2) is 28.1 Å². The lowest BCUT2D eigenvalue weighted by Gasteiger charge is -2.16. The molecule has 0 spiro atoms. The molecule has 6 nitrogen and oxygen atoms in total. The fraction of sp³-hybridized carbons (Fsp3) is 0.667. The minimum absolute atomic E-state index is 0.299. The van der Waals surface area contributed by atoms with Crippen LogP contribution in [0.15, 0.2) is 6.20 Å². The zero-order valence-electron chi connectivity index (χ0n) is 9.17. The lowest BCUT2D eigenvalue weighted by molar-refractivity contribution is -0.145. The van der Waals surface area contributed by atoms with E-state index < -0.39 is 6.04 Å². The van der Waals surface area contributed by atoms with Gasteiger partial charge in [0.1, 0.15) is 0 Å². The number of hydrogen-bond acceptors (Lipinski definition) is 5. The van der Waals surface area contributed by atoms with E-state index in [9.17, 15) is 4.79 Å². The standard InChI is InChI=1S/C9H16N4O2/c1-6(2)4-7(9(14)15-3)13-5-8(10)11-12-13/h5-7H,4,10H2,1-3H3. The van der Waals surface area contributed by atoms with Gasteiger partial charge < -0.3 is 10.5 Å². The van der Waals surface area contributed by atoms with Gasteiger partial charge in [-0.1, -0.05) is 19.1 Å². The van der Waals surface area contributed by atoms with Crippen molar-refractivity contribution in [2.75, 3.05) is 12.8 Å². The maximum Gasteiger partial charge on any atom is 0.330 e. The van der Waals surface area contributed by atoms with Gasteiger partial charge in [-0.15, -0.1) is 5.10 Å². The molecule has 15 heavy (non-hydrogen) atoms. The number of carbonyl (C=O) groups excluding carboxylic acids is 1. The molecule has 1 heterocycles. The first-order valence-electron chi connectivity index (χ1n) is 4.79. The Morgan fingerprint density at radius 3 is 2.73 bits per heavy atom. The van der Waals surface area contributed by atoms with Gasteiger partial charge in [-0.3, -0.25) is 0 Å². The van der Waals surface area contributed by atoms with Crippen molar-refractivity contribution in [1.82, 2.24) is 15.0 Å². The second kappa shape index (κ2) is 4.77. The maximum absolute atomic E-state index is 11.5. The average Bonchev–Trinajstić information content (AvgIpc) is 2.59. The Hall–Kier alpha value is -1.59. The van der Waals surface area contributed by atoms with Gasteiger partial charge in [0.15, 0.2) is 11.9 Å². The molecule has 1 aromatic rings. The smallest absolute Gasteiger partial charge is 0.330 e. The number of nitrogen functional groups attached to an aromatic ring is 1. The Kier molecular flexibility index (Phi) is 3.65. The van der Waals surface area contributed by atoms with Gasteiger partial charge in [0.2, 0.25) is 0 Å². The predicted octanol–water partition coefficient (Wildman–Crippen LogP) is 0.620. The van der Waals surface area contributed by atoms with E-state index in [4.69, 9.17) is 10.5 Å². The van der Waals surface area contributed by atoms with E-state index in [1.807, 2.05) is 13.8 Å². The Labute approximate surface area is 88.4 Å². The Bertz CT molecular complexity index is 335. The van der Waals surface area contributed by atoms with Crippen LogP contribution >= 0.6 is 0 Å². The summed E-state index contributed by atoms with van der Waals surface area (Å²) in [5, 5.41) is 7.42. The van der Waals surface area contributed by atoms with Crippen molar-refractivity contribution in [3.63, 3.8) is 0 Å².